The van der Waals surface area contributed by atoms with Gasteiger partial charge in [0.25, 0.3) is 0 Å². The minimum absolute atomic E-state index is 0.0401. The lowest BCUT2D eigenvalue weighted by Gasteiger charge is -2.32. The van der Waals surface area contributed by atoms with E-state index in [9.17, 15) is 5.11 Å². The van der Waals surface area contributed by atoms with Crippen molar-refractivity contribution in [3.63, 3.8) is 0 Å². The van der Waals surface area contributed by atoms with Gasteiger partial charge in [-0.2, -0.15) is 0 Å². The van der Waals surface area contributed by atoms with Gasteiger partial charge in [-0.25, -0.2) is 4.98 Å². The van der Waals surface area contributed by atoms with Crippen LogP contribution in [0.4, 0.5) is 5.13 Å². The molecule has 0 aromatic carbocycles. The fourth-order valence-corrected chi connectivity index (χ4v) is 2.70. The topological polar surface area (TPSA) is 63.6 Å². The van der Waals surface area contributed by atoms with Crippen molar-refractivity contribution in [1.29, 1.82) is 0 Å². The molecular formula is C13H23BN2O3S. The van der Waals surface area contributed by atoms with Gasteiger partial charge in [0, 0.05) is 6.20 Å². The molecule has 0 bridgehead atoms. The van der Waals surface area contributed by atoms with Gasteiger partial charge < -0.3 is 19.7 Å². The first-order valence-electron chi connectivity index (χ1n) is 6.77. The molecule has 1 fully saturated rings. The molecule has 0 saturated carbocycles. The Morgan fingerprint density at radius 3 is 2.35 bits per heavy atom. The van der Waals surface area contributed by atoms with Crippen molar-refractivity contribution in [2.24, 2.45) is 0 Å². The SMILES string of the molecule is CC(C)(CO)Nc1ncc(B2OC(C)(C)C(C)(C)O2)s1. The van der Waals surface area contributed by atoms with E-state index in [0.29, 0.717) is 0 Å². The average Bonchev–Trinajstić information content (AvgIpc) is 2.82. The molecule has 1 aliphatic heterocycles. The predicted molar refractivity (Wildman–Crippen MR) is 82.6 cm³/mol. The van der Waals surface area contributed by atoms with E-state index in [1.54, 1.807) is 6.20 Å². The molecule has 20 heavy (non-hydrogen) atoms. The summed E-state index contributed by atoms with van der Waals surface area (Å²) in [6.07, 6.45) is 1.77. The van der Waals surface area contributed by atoms with Crippen LogP contribution in [0.15, 0.2) is 6.20 Å². The van der Waals surface area contributed by atoms with E-state index in [-0.39, 0.29) is 24.9 Å². The van der Waals surface area contributed by atoms with Gasteiger partial charge in [-0.3, -0.25) is 0 Å². The van der Waals surface area contributed by atoms with E-state index >= 15 is 0 Å². The molecule has 7 heteroatoms. The maximum absolute atomic E-state index is 9.28. The van der Waals surface area contributed by atoms with Crippen LogP contribution in [0.3, 0.4) is 0 Å². The van der Waals surface area contributed by atoms with Crippen LogP contribution in [-0.4, -0.2) is 40.6 Å². The lowest BCUT2D eigenvalue weighted by Crippen LogP contribution is -2.41. The number of rotatable bonds is 4. The lowest BCUT2D eigenvalue weighted by atomic mass is 9.89. The number of anilines is 1. The first kappa shape index (κ1) is 15.8. The Kier molecular flexibility index (Phi) is 3.92. The Hall–Kier alpha value is -0.625. The van der Waals surface area contributed by atoms with Crippen LogP contribution in [0.5, 0.6) is 0 Å². The summed E-state index contributed by atoms with van der Waals surface area (Å²) >= 11 is 1.49. The van der Waals surface area contributed by atoms with Gasteiger partial charge in [-0.05, 0) is 41.5 Å². The van der Waals surface area contributed by atoms with E-state index in [2.05, 4.69) is 10.3 Å². The Morgan fingerprint density at radius 1 is 1.30 bits per heavy atom. The molecule has 5 nitrogen and oxygen atoms in total. The Balaban J connectivity index is 2.11. The highest BCUT2D eigenvalue weighted by Crippen LogP contribution is 2.37. The first-order chi connectivity index (χ1) is 9.06. The third kappa shape index (κ3) is 3.00. The molecule has 0 spiro atoms. The van der Waals surface area contributed by atoms with Gasteiger partial charge in [-0.1, -0.05) is 0 Å². The molecular weight excluding hydrogens is 275 g/mol. The Morgan fingerprint density at radius 2 is 1.85 bits per heavy atom. The van der Waals surface area contributed by atoms with Crippen molar-refractivity contribution >= 4 is 28.4 Å². The number of hydrogen-bond donors (Lipinski definition) is 2. The van der Waals surface area contributed by atoms with E-state index in [1.807, 2.05) is 41.5 Å². The van der Waals surface area contributed by atoms with Crippen LogP contribution in [0, 0.1) is 0 Å². The van der Waals surface area contributed by atoms with E-state index < -0.39 is 5.54 Å². The number of hydrogen-bond acceptors (Lipinski definition) is 6. The van der Waals surface area contributed by atoms with Crippen LogP contribution in [0.1, 0.15) is 41.5 Å². The normalized spacial score (nSPS) is 21.2. The Bertz CT molecular complexity index is 472. The quantitative estimate of drug-likeness (QED) is 0.827. The van der Waals surface area contributed by atoms with Crippen LogP contribution in [0.25, 0.3) is 0 Å². The monoisotopic (exact) mass is 298 g/mol. The Labute approximate surface area is 124 Å². The number of thiazole rings is 1. The summed E-state index contributed by atoms with van der Waals surface area (Å²) in [5.74, 6) is 0. The summed E-state index contributed by atoms with van der Waals surface area (Å²) in [5, 5.41) is 13.2. The van der Waals surface area contributed by atoms with Gasteiger partial charge in [0.15, 0.2) is 5.13 Å². The van der Waals surface area contributed by atoms with Crippen molar-refractivity contribution in [3.8, 4) is 0 Å². The maximum atomic E-state index is 9.28. The van der Waals surface area contributed by atoms with Crippen molar-refractivity contribution in [1.82, 2.24) is 4.98 Å². The summed E-state index contributed by atoms with van der Waals surface area (Å²) in [4.78, 5) is 4.33. The van der Waals surface area contributed by atoms with Gasteiger partial charge in [0.2, 0.25) is 0 Å². The minimum Gasteiger partial charge on any atom is -0.399 e. The van der Waals surface area contributed by atoms with Crippen molar-refractivity contribution in [2.75, 3.05) is 11.9 Å². The second-order valence-electron chi connectivity index (χ2n) is 6.82. The van der Waals surface area contributed by atoms with E-state index in [1.165, 1.54) is 11.3 Å². The van der Waals surface area contributed by atoms with Gasteiger partial charge in [-0.15, -0.1) is 11.3 Å². The van der Waals surface area contributed by atoms with Crippen LogP contribution in [-0.2, 0) is 9.31 Å². The standard InChI is InChI=1S/C13H23BN2O3S/c1-11(2,8-17)16-10-15-7-9(20-10)14-18-12(3,4)13(5,6)19-14/h7,17H,8H2,1-6H3,(H,15,16). The highest BCUT2D eigenvalue weighted by atomic mass is 32.1. The molecule has 1 aliphatic rings. The van der Waals surface area contributed by atoms with Crippen LogP contribution >= 0.6 is 11.3 Å². The molecule has 0 radical (unpaired) electrons. The smallest absolute Gasteiger partial charge is 0.399 e. The molecule has 0 amide bonds. The zero-order chi connectivity index (χ0) is 15.2. The maximum Gasteiger partial charge on any atom is 0.507 e. The predicted octanol–water partition coefficient (Wildman–Crippen LogP) is 1.63. The summed E-state index contributed by atoms with van der Waals surface area (Å²) in [6, 6.07) is 0. The molecule has 2 rings (SSSR count). The molecule has 0 unspecified atom stereocenters. The van der Waals surface area contributed by atoms with Crippen molar-refractivity contribution in [2.45, 2.75) is 58.3 Å². The number of aliphatic hydroxyl groups excluding tert-OH is 1. The summed E-state index contributed by atoms with van der Waals surface area (Å²) in [7, 11) is -0.384. The molecule has 2 N–H and O–H groups in total. The molecule has 1 aromatic heterocycles. The van der Waals surface area contributed by atoms with Crippen molar-refractivity contribution in [3.05, 3.63) is 6.20 Å². The number of nitrogens with one attached hydrogen (secondary N) is 1. The van der Waals surface area contributed by atoms with E-state index in [0.717, 1.165) is 9.91 Å². The molecule has 2 heterocycles. The third-order valence-electron chi connectivity index (χ3n) is 3.85. The summed E-state index contributed by atoms with van der Waals surface area (Å²) < 4.78 is 12.9. The van der Waals surface area contributed by atoms with Crippen LogP contribution < -0.4 is 10.1 Å². The lowest BCUT2D eigenvalue weighted by molar-refractivity contribution is 0.00578. The minimum atomic E-state index is -0.398. The van der Waals surface area contributed by atoms with Gasteiger partial charge >= 0.3 is 7.12 Å². The second-order valence-corrected chi connectivity index (χ2v) is 7.89. The number of aliphatic hydroxyl groups is 1. The first-order valence-corrected chi connectivity index (χ1v) is 7.58. The highest BCUT2D eigenvalue weighted by molar-refractivity contribution is 7.25. The molecule has 0 aliphatic carbocycles. The molecule has 112 valence electrons. The fourth-order valence-electron chi connectivity index (χ4n) is 1.74. The van der Waals surface area contributed by atoms with Crippen molar-refractivity contribution < 1.29 is 14.4 Å². The largest absolute Gasteiger partial charge is 0.507 e. The summed E-state index contributed by atoms with van der Waals surface area (Å²) in [6.45, 7) is 12.0. The number of aromatic nitrogens is 1. The zero-order valence-electron chi connectivity index (χ0n) is 13.0. The van der Waals surface area contributed by atoms with Gasteiger partial charge in [0.1, 0.15) is 0 Å². The summed E-state index contributed by atoms with van der Waals surface area (Å²) in [5.41, 5.74) is -1.09. The van der Waals surface area contributed by atoms with E-state index in [4.69, 9.17) is 9.31 Å². The average molecular weight is 298 g/mol. The third-order valence-corrected chi connectivity index (χ3v) is 4.78. The number of nitrogens with zero attached hydrogens (tertiary/aromatic N) is 1. The fraction of sp³-hybridized carbons (Fsp3) is 0.769. The highest BCUT2D eigenvalue weighted by Gasteiger charge is 2.52. The zero-order valence-corrected chi connectivity index (χ0v) is 13.8. The van der Waals surface area contributed by atoms with Gasteiger partial charge in [0.05, 0.1) is 28.1 Å². The molecule has 0 atom stereocenters. The second kappa shape index (κ2) is 4.98. The van der Waals surface area contributed by atoms with Crippen LogP contribution in [0.2, 0.25) is 0 Å². The molecule has 1 saturated heterocycles. The molecule has 1 aromatic rings.